The Morgan fingerprint density at radius 1 is 1.13 bits per heavy atom. The Morgan fingerprint density at radius 3 is 2.53 bits per heavy atom. The van der Waals surface area contributed by atoms with E-state index < -0.39 is 17.6 Å². The van der Waals surface area contributed by atoms with Crippen LogP contribution in [0.4, 0.5) is 18.9 Å². The van der Waals surface area contributed by atoms with E-state index in [1.165, 1.54) is 18.2 Å². The lowest BCUT2D eigenvalue weighted by Crippen LogP contribution is -2.18. The molecule has 0 radical (unpaired) electrons. The summed E-state index contributed by atoms with van der Waals surface area (Å²) in [5.41, 5.74) is -0.412. The summed E-state index contributed by atoms with van der Waals surface area (Å²) in [6.45, 7) is 2.45. The molecule has 10 heteroatoms. The number of carbonyl (C=O) groups is 1. The molecular weight excluding hydrogens is 417 g/mol. The number of hydrogen-bond acceptors (Lipinski definition) is 5. The number of nitrogens with one attached hydrogen (secondary N) is 1. The molecule has 3 aromatic rings. The zero-order chi connectivity index (χ0) is 21.7. The van der Waals surface area contributed by atoms with E-state index in [1.807, 2.05) is 35.8 Å². The van der Waals surface area contributed by atoms with Gasteiger partial charge in [0.05, 0.1) is 29.7 Å². The number of para-hydroxylation sites is 2. The first-order valence-corrected chi connectivity index (χ1v) is 9.99. The maximum atomic E-state index is 13.1. The zero-order valence-corrected chi connectivity index (χ0v) is 17.0. The molecule has 30 heavy (non-hydrogen) atoms. The van der Waals surface area contributed by atoms with E-state index in [1.54, 1.807) is 7.11 Å². The lowest BCUT2D eigenvalue weighted by Gasteiger charge is -2.13. The summed E-state index contributed by atoms with van der Waals surface area (Å²) < 4.78 is 46.4. The van der Waals surface area contributed by atoms with Crippen LogP contribution in [0.25, 0.3) is 11.4 Å². The van der Waals surface area contributed by atoms with E-state index in [4.69, 9.17) is 4.74 Å². The minimum Gasteiger partial charge on any atom is -0.496 e. The number of nitrogens with zero attached hydrogens (tertiary/aromatic N) is 3. The molecule has 1 heterocycles. The zero-order valence-electron chi connectivity index (χ0n) is 16.2. The Kier molecular flexibility index (Phi) is 6.66. The fraction of sp³-hybridized carbons (Fsp3) is 0.250. The second kappa shape index (κ2) is 9.21. The number of halogens is 3. The Morgan fingerprint density at radius 2 is 1.83 bits per heavy atom. The minimum absolute atomic E-state index is 0.115. The molecule has 1 aromatic heterocycles. The summed E-state index contributed by atoms with van der Waals surface area (Å²) in [5.74, 6) is 0.537. The summed E-state index contributed by atoms with van der Waals surface area (Å²) in [5, 5.41) is 11.1. The van der Waals surface area contributed by atoms with Crippen LogP contribution in [0.15, 0.2) is 53.7 Å². The molecule has 0 aliphatic rings. The third-order valence-electron chi connectivity index (χ3n) is 4.22. The van der Waals surface area contributed by atoms with Crippen LogP contribution in [0, 0.1) is 0 Å². The van der Waals surface area contributed by atoms with Gasteiger partial charge in [-0.25, -0.2) is 0 Å². The number of thioether (sulfide) groups is 1. The molecule has 0 atom stereocenters. The van der Waals surface area contributed by atoms with Crippen LogP contribution in [0.2, 0.25) is 0 Å². The van der Waals surface area contributed by atoms with Gasteiger partial charge in [-0.05, 0) is 31.2 Å². The van der Waals surface area contributed by atoms with Crippen LogP contribution in [0.5, 0.6) is 5.75 Å². The van der Waals surface area contributed by atoms with Gasteiger partial charge in [-0.1, -0.05) is 36.0 Å². The van der Waals surface area contributed by atoms with Gasteiger partial charge < -0.3 is 14.6 Å². The van der Waals surface area contributed by atoms with Crippen molar-refractivity contribution in [1.29, 1.82) is 0 Å². The van der Waals surface area contributed by atoms with Crippen molar-refractivity contribution in [3.63, 3.8) is 0 Å². The lowest BCUT2D eigenvalue weighted by molar-refractivity contribution is -0.137. The highest BCUT2D eigenvalue weighted by Gasteiger charge is 2.33. The number of carbonyl (C=O) groups excluding carboxylic acids is 1. The number of hydrogen-bond donors (Lipinski definition) is 1. The quantitative estimate of drug-likeness (QED) is 0.543. The molecule has 0 fully saturated rings. The van der Waals surface area contributed by atoms with Crippen LogP contribution >= 0.6 is 11.8 Å². The van der Waals surface area contributed by atoms with Crippen molar-refractivity contribution in [3.05, 3.63) is 54.1 Å². The number of rotatable bonds is 7. The van der Waals surface area contributed by atoms with E-state index in [2.05, 4.69) is 15.5 Å². The fourth-order valence-electron chi connectivity index (χ4n) is 2.86. The first kappa shape index (κ1) is 21.7. The molecule has 158 valence electrons. The van der Waals surface area contributed by atoms with Crippen LogP contribution < -0.4 is 10.1 Å². The van der Waals surface area contributed by atoms with Crippen molar-refractivity contribution in [2.75, 3.05) is 18.2 Å². The molecule has 0 aliphatic carbocycles. The average molecular weight is 436 g/mol. The van der Waals surface area contributed by atoms with E-state index in [-0.39, 0.29) is 11.4 Å². The minimum atomic E-state index is -4.55. The highest BCUT2D eigenvalue weighted by Crippen LogP contribution is 2.35. The van der Waals surface area contributed by atoms with Gasteiger partial charge in [-0.3, -0.25) is 4.79 Å². The third-order valence-corrected chi connectivity index (χ3v) is 5.19. The standard InChI is InChI=1S/C20H19F3N4O2S/c1-3-27-18(13-8-4-7-11-16(13)29-2)25-26-19(27)30-12-17(28)24-15-10-6-5-9-14(15)20(21,22)23/h4-11H,3,12H2,1-2H3,(H,24,28). The molecule has 0 spiro atoms. The second-order valence-corrected chi connectivity index (χ2v) is 7.07. The number of aromatic nitrogens is 3. The van der Waals surface area contributed by atoms with Gasteiger partial charge in [0, 0.05) is 6.54 Å². The fourth-order valence-corrected chi connectivity index (χ4v) is 3.67. The third kappa shape index (κ3) is 4.76. The molecule has 0 saturated heterocycles. The molecular formula is C20H19F3N4O2S. The number of alkyl halides is 3. The van der Waals surface area contributed by atoms with Crippen molar-refractivity contribution >= 4 is 23.4 Å². The maximum Gasteiger partial charge on any atom is 0.418 e. The number of anilines is 1. The average Bonchev–Trinajstić information content (AvgIpc) is 3.14. The van der Waals surface area contributed by atoms with Gasteiger partial charge >= 0.3 is 6.18 Å². The van der Waals surface area contributed by atoms with Crippen molar-refractivity contribution in [2.24, 2.45) is 0 Å². The van der Waals surface area contributed by atoms with Crippen LogP contribution in [0.1, 0.15) is 12.5 Å². The van der Waals surface area contributed by atoms with E-state index in [9.17, 15) is 18.0 Å². The van der Waals surface area contributed by atoms with Crippen LogP contribution in [0.3, 0.4) is 0 Å². The summed E-state index contributed by atoms with van der Waals surface area (Å²) in [6, 6.07) is 12.2. The van der Waals surface area contributed by atoms with E-state index >= 15 is 0 Å². The summed E-state index contributed by atoms with van der Waals surface area (Å²) in [6.07, 6.45) is -4.55. The van der Waals surface area contributed by atoms with Gasteiger partial charge in [0.25, 0.3) is 0 Å². The monoisotopic (exact) mass is 436 g/mol. The smallest absolute Gasteiger partial charge is 0.418 e. The van der Waals surface area contributed by atoms with Crippen LogP contribution in [-0.2, 0) is 17.5 Å². The predicted octanol–water partition coefficient (Wildman–Crippen LogP) is 4.72. The normalized spacial score (nSPS) is 11.4. The molecule has 1 N–H and O–H groups in total. The second-order valence-electron chi connectivity index (χ2n) is 6.13. The van der Waals surface area contributed by atoms with Gasteiger partial charge in [0.2, 0.25) is 5.91 Å². The Balaban J connectivity index is 1.74. The molecule has 3 rings (SSSR count). The van der Waals surface area contributed by atoms with E-state index in [0.717, 1.165) is 23.4 Å². The van der Waals surface area contributed by atoms with Crippen molar-refractivity contribution in [2.45, 2.75) is 24.8 Å². The first-order valence-electron chi connectivity index (χ1n) is 9.00. The Hall–Kier alpha value is -3.01. The van der Waals surface area contributed by atoms with Gasteiger partial charge in [0.15, 0.2) is 11.0 Å². The molecule has 6 nitrogen and oxygen atoms in total. The SMILES string of the molecule is CCn1c(SCC(=O)Nc2ccccc2C(F)(F)F)nnc1-c1ccccc1OC. The number of ether oxygens (including phenoxy) is 1. The van der Waals surface area contributed by atoms with Gasteiger partial charge in [-0.15, -0.1) is 10.2 Å². The molecule has 0 saturated carbocycles. The van der Waals surface area contributed by atoms with Crippen molar-refractivity contribution < 1.29 is 22.7 Å². The topological polar surface area (TPSA) is 69.0 Å². The number of benzene rings is 2. The lowest BCUT2D eigenvalue weighted by atomic mass is 10.1. The summed E-state index contributed by atoms with van der Waals surface area (Å²) >= 11 is 1.10. The Labute approximate surface area is 175 Å². The van der Waals surface area contributed by atoms with E-state index in [0.29, 0.717) is 23.3 Å². The highest BCUT2D eigenvalue weighted by atomic mass is 32.2. The summed E-state index contributed by atoms with van der Waals surface area (Å²) in [7, 11) is 1.56. The molecule has 0 unspecified atom stereocenters. The van der Waals surface area contributed by atoms with Crippen molar-refractivity contribution in [1.82, 2.24) is 14.8 Å². The first-order chi connectivity index (χ1) is 14.3. The predicted molar refractivity (Wildman–Crippen MR) is 108 cm³/mol. The van der Waals surface area contributed by atoms with Gasteiger partial charge in [0.1, 0.15) is 5.75 Å². The largest absolute Gasteiger partial charge is 0.496 e. The maximum absolute atomic E-state index is 13.1. The summed E-state index contributed by atoms with van der Waals surface area (Å²) in [4.78, 5) is 12.3. The molecule has 2 aromatic carbocycles. The van der Waals surface area contributed by atoms with Crippen LogP contribution in [-0.4, -0.2) is 33.5 Å². The van der Waals surface area contributed by atoms with Crippen molar-refractivity contribution in [3.8, 4) is 17.1 Å². The highest BCUT2D eigenvalue weighted by molar-refractivity contribution is 7.99. The Bertz CT molecular complexity index is 1040. The number of amides is 1. The molecule has 1 amide bonds. The van der Waals surface area contributed by atoms with Gasteiger partial charge in [-0.2, -0.15) is 13.2 Å². The number of methoxy groups -OCH3 is 1. The molecule has 0 aliphatic heterocycles. The molecule has 0 bridgehead atoms.